The van der Waals surface area contributed by atoms with Crippen molar-refractivity contribution in [3.63, 3.8) is 0 Å². The number of carbonyl (C=O) groups excluding carboxylic acids is 2. The Kier molecular flexibility index (Phi) is 5.35. The number of hydrogen-bond donors (Lipinski definition) is 0. The Balaban J connectivity index is 2.75. The van der Waals surface area contributed by atoms with Gasteiger partial charge in [-0.1, -0.05) is 0 Å². The minimum absolute atomic E-state index is 0.00366. The first-order chi connectivity index (χ1) is 9.07. The zero-order valence-corrected chi connectivity index (χ0v) is 14.0. The third kappa shape index (κ3) is 4.58. The van der Waals surface area contributed by atoms with Crippen LogP contribution in [0.4, 0.5) is 4.79 Å². The number of methoxy groups -OCH3 is 1. The molecule has 1 aliphatic heterocycles. The van der Waals surface area contributed by atoms with Crippen molar-refractivity contribution < 1.29 is 19.1 Å². The Hall–Kier alpha value is -0.910. The summed E-state index contributed by atoms with van der Waals surface area (Å²) in [6, 6.07) is 0.00366. The Labute approximate surface area is 125 Å². The van der Waals surface area contributed by atoms with Crippen molar-refractivity contribution in [1.29, 1.82) is 0 Å². The Morgan fingerprint density at radius 1 is 1.35 bits per heavy atom. The van der Waals surface area contributed by atoms with Gasteiger partial charge in [0.15, 0.2) is 0 Å². The quantitative estimate of drug-likeness (QED) is 0.750. The fraction of sp³-hybridized carbons (Fsp3) is 0.857. The summed E-state index contributed by atoms with van der Waals surface area (Å²) in [5.41, 5.74) is -0.521. The lowest BCUT2D eigenvalue weighted by molar-refractivity contribution is -0.141. The second-order valence-corrected chi connectivity index (χ2v) is 8.00. The maximum atomic E-state index is 12.4. The molecule has 0 saturated carbocycles. The Morgan fingerprint density at radius 3 is 2.45 bits per heavy atom. The van der Waals surface area contributed by atoms with Crippen LogP contribution in [0.25, 0.3) is 0 Å². The van der Waals surface area contributed by atoms with E-state index in [2.05, 4.69) is 4.74 Å². The van der Waals surface area contributed by atoms with E-state index in [0.29, 0.717) is 12.8 Å². The van der Waals surface area contributed by atoms with Gasteiger partial charge in [-0.15, -0.1) is 11.8 Å². The van der Waals surface area contributed by atoms with Gasteiger partial charge in [0.05, 0.1) is 12.0 Å². The van der Waals surface area contributed by atoms with Crippen LogP contribution in [0, 0.1) is 0 Å². The molecular formula is C14H25NO4S. The van der Waals surface area contributed by atoms with Gasteiger partial charge < -0.3 is 9.47 Å². The number of esters is 1. The highest BCUT2D eigenvalue weighted by Gasteiger charge is 2.44. The van der Waals surface area contributed by atoms with Crippen molar-refractivity contribution in [3.8, 4) is 0 Å². The fourth-order valence-electron chi connectivity index (χ4n) is 2.16. The topological polar surface area (TPSA) is 55.8 Å². The number of carbonyl (C=O) groups is 2. The number of nitrogens with zero attached hydrogens (tertiary/aromatic N) is 1. The van der Waals surface area contributed by atoms with E-state index in [9.17, 15) is 9.59 Å². The molecule has 0 bridgehead atoms. The van der Waals surface area contributed by atoms with Crippen LogP contribution in [-0.2, 0) is 14.3 Å². The van der Waals surface area contributed by atoms with Gasteiger partial charge >= 0.3 is 12.1 Å². The van der Waals surface area contributed by atoms with Gasteiger partial charge in [-0.25, -0.2) is 4.79 Å². The maximum absolute atomic E-state index is 12.4. The molecule has 1 fully saturated rings. The molecule has 116 valence electrons. The predicted molar refractivity (Wildman–Crippen MR) is 79.6 cm³/mol. The molecule has 1 heterocycles. The highest BCUT2D eigenvalue weighted by molar-refractivity contribution is 8.00. The van der Waals surface area contributed by atoms with E-state index in [1.807, 2.05) is 34.6 Å². The summed E-state index contributed by atoms with van der Waals surface area (Å²) in [5.74, 6) is 0.562. The SMILES string of the molecule is COC(=O)CCC1CSC(C)(C)N1C(=O)OC(C)(C)C. The van der Waals surface area contributed by atoms with Crippen LogP contribution in [-0.4, -0.2) is 46.3 Å². The van der Waals surface area contributed by atoms with Crippen LogP contribution in [0.15, 0.2) is 0 Å². The minimum Gasteiger partial charge on any atom is -0.469 e. The summed E-state index contributed by atoms with van der Waals surface area (Å²) in [6.07, 6.45) is 0.599. The van der Waals surface area contributed by atoms with E-state index in [1.54, 1.807) is 16.7 Å². The summed E-state index contributed by atoms with van der Waals surface area (Å²) < 4.78 is 10.1. The van der Waals surface area contributed by atoms with E-state index in [0.717, 1.165) is 5.75 Å². The van der Waals surface area contributed by atoms with Crippen LogP contribution >= 0.6 is 11.8 Å². The van der Waals surface area contributed by atoms with E-state index < -0.39 is 5.60 Å². The zero-order chi connectivity index (χ0) is 15.6. The van der Waals surface area contributed by atoms with Gasteiger partial charge in [0.1, 0.15) is 5.60 Å². The molecule has 5 nitrogen and oxygen atoms in total. The molecule has 0 aromatic carbocycles. The van der Waals surface area contributed by atoms with E-state index in [-0.39, 0.29) is 23.0 Å². The van der Waals surface area contributed by atoms with Crippen LogP contribution in [0.1, 0.15) is 47.5 Å². The van der Waals surface area contributed by atoms with Gasteiger partial charge in [-0.2, -0.15) is 0 Å². The highest BCUT2D eigenvalue weighted by Crippen LogP contribution is 2.41. The molecule has 6 heteroatoms. The summed E-state index contributed by atoms with van der Waals surface area (Å²) in [4.78, 5) is 25.1. The molecule has 1 aliphatic rings. The van der Waals surface area contributed by atoms with Crippen molar-refractivity contribution >= 4 is 23.8 Å². The largest absolute Gasteiger partial charge is 0.469 e. The lowest BCUT2D eigenvalue weighted by Crippen LogP contribution is -2.48. The molecule has 1 saturated heterocycles. The number of hydrogen-bond acceptors (Lipinski definition) is 5. The maximum Gasteiger partial charge on any atom is 0.411 e. The molecule has 0 radical (unpaired) electrons. The summed E-state index contributed by atoms with van der Waals surface area (Å²) >= 11 is 1.70. The van der Waals surface area contributed by atoms with Crippen molar-refractivity contribution in [3.05, 3.63) is 0 Å². The Bertz CT molecular complexity index is 376. The average molecular weight is 303 g/mol. The number of thioether (sulfide) groups is 1. The molecule has 1 rings (SSSR count). The smallest absolute Gasteiger partial charge is 0.411 e. The lowest BCUT2D eigenvalue weighted by atomic mass is 10.1. The average Bonchev–Trinajstić information content (AvgIpc) is 2.59. The standard InChI is InChI=1S/C14H25NO4S/c1-13(2,3)19-12(17)15-10(7-8-11(16)18-6)9-20-14(15,4)5/h10H,7-9H2,1-6H3. The molecule has 0 aliphatic carbocycles. The molecule has 20 heavy (non-hydrogen) atoms. The normalized spacial score (nSPS) is 21.7. The van der Waals surface area contributed by atoms with E-state index in [1.165, 1.54) is 7.11 Å². The van der Waals surface area contributed by atoms with Crippen molar-refractivity contribution in [1.82, 2.24) is 4.90 Å². The molecule has 0 aromatic heterocycles. The molecule has 1 unspecified atom stereocenters. The molecule has 0 aromatic rings. The van der Waals surface area contributed by atoms with Crippen molar-refractivity contribution in [2.24, 2.45) is 0 Å². The van der Waals surface area contributed by atoms with Gasteiger partial charge in [0.2, 0.25) is 0 Å². The second kappa shape index (κ2) is 6.24. The van der Waals surface area contributed by atoms with Crippen LogP contribution in [0.2, 0.25) is 0 Å². The molecule has 0 N–H and O–H groups in total. The predicted octanol–water partition coefficient (Wildman–Crippen LogP) is 3.03. The van der Waals surface area contributed by atoms with E-state index in [4.69, 9.17) is 4.74 Å². The van der Waals surface area contributed by atoms with E-state index >= 15 is 0 Å². The van der Waals surface area contributed by atoms with Gasteiger partial charge in [0.25, 0.3) is 0 Å². The fourth-order valence-corrected chi connectivity index (χ4v) is 3.44. The molecule has 0 spiro atoms. The minimum atomic E-state index is -0.521. The number of rotatable bonds is 3. The number of ether oxygens (including phenoxy) is 2. The van der Waals surface area contributed by atoms with Crippen LogP contribution < -0.4 is 0 Å². The first-order valence-electron chi connectivity index (χ1n) is 6.80. The van der Waals surface area contributed by atoms with Crippen molar-refractivity contribution in [2.75, 3.05) is 12.9 Å². The van der Waals surface area contributed by atoms with Crippen molar-refractivity contribution in [2.45, 2.75) is 64.0 Å². The van der Waals surface area contributed by atoms with Crippen LogP contribution in [0.5, 0.6) is 0 Å². The highest BCUT2D eigenvalue weighted by atomic mass is 32.2. The monoisotopic (exact) mass is 303 g/mol. The molecule has 1 atom stereocenters. The zero-order valence-electron chi connectivity index (χ0n) is 13.2. The summed E-state index contributed by atoms with van der Waals surface area (Å²) in [6.45, 7) is 9.55. The third-order valence-electron chi connectivity index (χ3n) is 3.07. The van der Waals surface area contributed by atoms with Gasteiger partial charge in [0, 0.05) is 18.2 Å². The second-order valence-electron chi connectivity index (χ2n) is 6.38. The lowest BCUT2D eigenvalue weighted by Gasteiger charge is -2.36. The summed E-state index contributed by atoms with van der Waals surface area (Å²) in [7, 11) is 1.38. The first kappa shape index (κ1) is 17.1. The molecular weight excluding hydrogens is 278 g/mol. The third-order valence-corrected chi connectivity index (χ3v) is 4.53. The first-order valence-corrected chi connectivity index (χ1v) is 7.78. The number of amides is 1. The molecule has 1 amide bonds. The van der Waals surface area contributed by atoms with Gasteiger partial charge in [-0.05, 0) is 41.0 Å². The van der Waals surface area contributed by atoms with Crippen LogP contribution in [0.3, 0.4) is 0 Å². The Morgan fingerprint density at radius 2 is 1.95 bits per heavy atom. The van der Waals surface area contributed by atoms with Gasteiger partial charge in [-0.3, -0.25) is 9.69 Å². The summed E-state index contributed by atoms with van der Waals surface area (Å²) in [5, 5.41) is 0.